The maximum Gasteiger partial charge on any atom is 0.0659 e. The predicted molar refractivity (Wildman–Crippen MR) is 87.6 cm³/mol. The van der Waals surface area contributed by atoms with Crippen LogP contribution < -0.4 is 5.32 Å². The van der Waals surface area contributed by atoms with Crippen molar-refractivity contribution in [1.29, 1.82) is 0 Å². The second-order valence-electron chi connectivity index (χ2n) is 5.02. The first-order valence-corrected chi connectivity index (χ1v) is 8.62. The van der Waals surface area contributed by atoms with Crippen LogP contribution in [0.3, 0.4) is 0 Å². The van der Waals surface area contributed by atoms with Gasteiger partial charge in [0.1, 0.15) is 0 Å². The molecule has 2 heterocycles. The summed E-state index contributed by atoms with van der Waals surface area (Å²) in [4.78, 5) is 1.59. The smallest absolute Gasteiger partial charge is 0.0659 e. The molecular formula is C14H18IN3S. The average molecular weight is 387 g/mol. The lowest BCUT2D eigenvalue weighted by molar-refractivity contribution is 0.463. The number of hydrogen-bond donors (Lipinski definition) is 1. The van der Waals surface area contributed by atoms with Gasteiger partial charge in [0.15, 0.2) is 0 Å². The summed E-state index contributed by atoms with van der Waals surface area (Å²) in [6.45, 7) is 1.02. The Hall–Kier alpha value is -0.400. The number of fused-ring (bicyclic) bond motifs is 1. The van der Waals surface area contributed by atoms with Crippen LogP contribution in [-0.2, 0) is 19.9 Å². The normalized spacial score (nSPS) is 18.5. The molecule has 3 rings (SSSR count). The zero-order valence-corrected chi connectivity index (χ0v) is 14.0. The van der Waals surface area contributed by atoms with E-state index in [-0.39, 0.29) is 0 Å². The molecule has 0 spiro atoms. The highest BCUT2D eigenvalue weighted by atomic mass is 127. The van der Waals surface area contributed by atoms with Gasteiger partial charge in [-0.25, -0.2) is 0 Å². The van der Waals surface area contributed by atoms with E-state index in [0.29, 0.717) is 6.04 Å². The minimum absolute atomic E-state index is 0.553. The van der Waals surface area contributed by atoms with Crippen molar-refractivity contribution in [1.82, 2.24) is 15.1 Å². The number of thiophene rings is 1. The summed E-state index contributed by atoms with van der Waals surface area (Å²) in [7, 11) is 2.01. The second-order valence-corrected chi connectivity index (χ2v) is 8.06. The van der Waals surface area contributed by atoms with Crippen molar-refractivity contribution in [3.63, 3.8) is 0 Å². The summed E-state index contributed by atoms with van der Waals surface area (Å²) in [5.41, 5.74) is 2.84. The van der Waals surface area contributed by atoms with Crippen molar-refractivity contribution in [2.45, 2.75) is 31.7 Å². The van der Waals surface area contributed by atoms with E-state index in [2.05, 4.69) is 45.1 Å². The molecule has 102 valence electrons. The van der Waals surface area contributed by atoms with Crippen molar-refractivity contribution in [2.75, 3.05) is 6.54 Å². The van der Waals surface area contributed by atoms with Gasteiger partial charge in [0, 0.05) is 42.8 Å². The lowest BCUT2D eigenvalue weighted by atomic mass is 9.94. The van der Waals surface area contributed by atoms with Crippen molar-refractivity contribution in [2.24, 2.45) is 7.05 Å². The van der Waals surface area contributed by atoms with Crippen LogP contribution in [0.15, 0.2) is 18.3 Å². The van der Waals surface area contributed by atoms with Gasteiger partial charge in [-0.3, -0.25) is 4.68 Å². The second kappa shape index (κ2) is 5.93. The van der Waals surface area contributed by atoms with Gasteiger partial charge in [-0.15, -0.1) is 11.3 Å². The van der Waals surface area contributed by atoms with Crippen LogP contribution in [0.1, 0.15) is 35.0 Å². The molecule has 1 unspecified atom stereocenters. The third-order valence-electron chi connectivity index (χ3n) is 3.78. The fraction of sp³-hybridized carbons (Fsp3) is 0.500. The van der Waals surface area contributed by atoms with Gasteiger partial charge in [0.05, 0.1) is 2.88 Å². The zero-order valence-electron chi connectivity index (χ0n) is 11.0. The Kier molecular flexibility index (Phi) is 4.24. The summed E-state index contributed by atoms with van der Waals surface area (Å²) in [6, 6.07) is 5.01. The molecule has 5 heteroatoms. The Bertz CT molecular complexity index is 561. The van der Waals surface area contributed by atoms with E-state index < -0.39 is 0 Å². The Morgan fingerprint density at radius 1 is 1.58 bits per heavy atom. The fourth-order valence-corrected chi connectivity index (χ4v) is 4.87. The minimum atomic E-state index is 0.553. The van der Waals surface area contributed by atoms with Gasteiger partial charge >= 0.3 is 0 Å². The van der Waals surface area contributed by atoms with E-state index in [4.69, 9.17) is 0 Å². The first kappa shape index (κ1) is 13.6. The Labute approximate surface area is 131 Å². The first-order valence-electron chi connectivity index (χ1n) is 6.72. The van der Waals surface area contributed by atoms with Crippen LogP contribution in [-0.4, -0.2) is 16.3 Å². The van der Waals surface area contributed by atoms with Crippen LogP contribution in [0.2, 0.25) is 0 Å². The molecule has 2 aromatic heterocycles. The number of aromatic nitrogens is 2. The van der Waals surface area contributed by atoms with E-state index in [1.807, 2.05) is 29.3 Å². The highest BCUT2D eigenvalue weighted by molar-refractivity contribution is 14.1. The van der Waals surface area contributed by atoms with Gasteiger partial charge in [0.25, 0.3) is 0 Å². The first-order chi connectivity index (χ1) is 9.24. The summed E-state index contributed by atoms with van der Waals surface area (Å²) < 4.78 is 3.38. The maximum atomic E-state index is 4.21. The van der Waals surface area contributed by atoms with Crippen LogP contribution in [0.5, 0.6) is 0 Å². The monoisotopic (exact) mass is 387 g/mol. The van der Waals surface area contributed by atoms with Crippen LogP contribution >= 0.6 is 33.9 Å². The standard InChI is InChI=1S/C14H18IN3S/c1-18-10(6-8-17-18)5-7-16-12-3-2-4-13-11(12)9-14(15)19-13/h6,8-9,12,16H,2-5,7H2,1H3. The molecule has 0 saturated heterocycles. The number of nitrogens with zero attached hydrogens (tertiary/aromatic N) is 2. The van der Waals surface area contributed by atoms with E-state index in [0.717, 1.165) is 13.0 Å². The number of nitrogens with one attached hydrogen (secondary N) is 1. The summed E-state index contributed by atoms with van der Waals surface area (Å²) in [5.74, 6) is 0. The van der Waals surface area contributed by atoms with Gasteiger partial charge in [-0.05, 0) is 59.5 Å². The lowest BCUT2D eigenvalue weighted by Crippen LogP contribution is -2.26. The molecule has 0 aromatic carbocycles. The molecule has 3 nitrogen and oxygen atoms in total. The molecule has 0 fully saturated rings. The molecular weight excluding hydrogens is 369 g/mol. The van der Waals surface area contributed by atoms with Crippen molar-refractivity contribution in [3.8, 4) is 0 Å². The van der Waals surface area contributed by atoms with Crippen molar-refractivity contribution >= 4 is 33.9 Å². The third kappa shape index (κ3) is 3.03. The maximum absolute atomic E-state index is 4.21. The molecule has 1 aliphatic rings. The minimum Gasteiger partial charge on any atom is -0.310 e. The predicted octanol–water partition coefficient (Wildman–Crippen LogP) is 3.30. The van der Waals surface area contributed by atoms with E-state index in [1.54, 1.807) is 10.4 Å². The summed E-state index contributed by atoms with van der Waals surface area (Å²) >= 11 is 4.40. The Morgan fingerprint density at radius 2 is 2.47 bits per heavy atom. The highest BCUT2D eigenvalue weighted by Gasteiger charge is 2.21. The largest absolute Gasteiger partial charge is 0.310 e. The number of aryl methyl sites for hydroxylation is 2. The van der Waals surface area contributed by atoms with Gasteiger partial charge in [-0.2, -0.15) is 5.10 Å². The van der Waals surface area contributed by atoms with Crippen molar-refractivity contribution in [3.05, 3.63) is 37.3 Å². The molecule has 0 bridgehead atoms. The quantitative estimate of drug-likeness (QED) is 0.816. The molecule has 1 atom stereocenters. The number of rotatable bonds is 4. The zero-order chi connectivity index (χ0) is 13.2. The fourth-order valence-electron chi connectivity index (χ4n) is 2.75. The van der Waals surface area contributed by atoms with Crippen LogP contribution in [0.4, 0.5) is 0 Å². The van der Waals surface area contributed by atoms with E-state index >= 15 is 0 Å². The number of halogens is 1. The molecule has 1 N–H and O–H groups in total. The molecule has 0 amide bonds. The lowest BCUT2D eigenvalue weighted by Gasteiger charge is -2.23. The third-order valence-corrected chi connectivity index (χ3v) is 5.75. The SMILES string of the molecule is Cn1nccc1CCNC1CCCc2sc(I)cc21. The van der Waals surface area contributed by atoms with E-state index in [1.165, 1.54) is 27.8 Å². The Balaban J connectivity index is 1.60. The van der Waals surface area contributed by atoms with Gasteiger partial charge in [-0.1, -0.05) is 0 Å². The van der Waals surface area contributed by atoms with Gasteiger partial charge in [0.2, 0.25) is 0 Å². The van der Waals surface area contributed by atoms with Gasteiger partial charge < -0.3 is 5.32 Å². The molecule has 19 heavy (non-hydrogen) atoms. The van der Waals surface area contributed by atoms with Crippen molar-refractivity contribution < 1.29 is 0 Å². The summed E-state index contributed by atoms with van der Waals surface area (Å²) in [6.07, 6.45) is 6.76. The molecule has 0 aliphatic heterocycles. The average Bonchev–Trinajstić information content (AvgIpc) is 2.95. The highest BCUT2D eigenvalue weighted by Crippen LogP contribution is 2.36. The molecule has 0 saturated carbocycles. The van der Waals surface area contributed by atoms with Crippen LogP contribution in [0, 0.1) is 2.88 Å². The number of hydrogen-bond acceptors (Lipinski definition) is 3. The molecule has 1 aliphatic carbocycles. The van der Waals surface area contributed by atoms with E-state index in [9.17, 15) is 0 Å². The van der Waals surface area contributed by atoms with Crippen LogP contribution in [0.25, 0.3) is 0 Å². The topological polar surface area (TPSA) is 29.9 Å². The molecule has 2 aromatic rings. The Morgan fingerprint density at radius 3 is 3.26 bits per heavy atom. The molecule has 0 radical (unpaired) electrons. The summed E-state index contributed by atoms with van der Waals surface area (Å²) in [5, 5.41) is 7.93.